The second-order valence-corrected chi connectivity index (χ2v) is 8.91. The van der Waals surface area contributed by atoms with E-state index in [1.54, 1.807) is 0 Å². The Balaban J connectivity index is 1.51. The molecule has 0 spiro atoms. The van der Waals surface area contributed by atoms with Crippen LogP contribution in [-0.2, 0) is 16.1 Å². The third kappa shape index (κ3) is 5.63. The fourth-order valence-electron chi connectivity index (χ4n) is 4.29. The Morgan fingerprint density at radius 2 is 1.75 bits per heavy atom. The van der Waals surface area contributed by atoms with Crippen LogP contribution in [0, 0.1) is 5.92 Å². The summed E-state index contributed by atoms with van der Waals surface area (Å²) in [7, 11) is 0. The largest absolute Gasteiger partial charge is 0.445 e. The van der Waals surface area contributed by atoms with E-state index in [-0.39, 0.29) is 24.3 Å². The molecule has 6 heteroatoms. The van der Waals surface area contributed by atoms with Crippen molar-refractivity contribution in [3.8, 4) is 0 Å². The Bertz CT molecular complexity index is 657. The molecule has 1 N–H and O–H groups in total. The summed E-state index contributed by atoms with van der Waals surface area (Å²) >= 11 is 0. The van der Waals surface area contributed by atoms with Gasteiger partial charge in [-0.2, -0.15) is 0 Å². The summed E-state index contributed by atoms with van der Waals surface area (Å²) in [6, 6.07) is 10.2. The minimum Gasteiger partial charge on any atom is -0.445 e. The van der Waals surface area contributed by atoms with Crippen LogP contribution in [0.4, 0.5) is 9.59 Å². The molecule has 3 rings (SSSR count). The predicted molar refractivity (Wildman–Crippen MR) is 107 cm³/mol. The molecule has 28 heavy (non-hydrogen) atoms. The summed E-state index contributed by atoms with van der Waals surface area (Å²) in [6.45, 7) is 6.47. The van der Waals surface area contributed by atoms with Crippen LogP contribution < -0.4 is 5.32 Å². The molecule has 2 fully saturated rings. The molecule has 1 aromatic rings. The van der Waals surface area contributed by atoms with Crippen molar-refractivity contribution >= 4 is 12.2 Å². The summed E-state index contributed by atoms with van der Waals surface area (Å²) in [5.74, 6) is 0.362. The lowest BCUT2D eigenvalue weighted by atomic mass is 9.78. The van der Waals surface area contributed by atoms with E-state index >= 15 is 0 Å². The van der Waals surface area contributed by atoms with Crippen LogP contribution in [0.5, 0.6) is 0 Å². The maximum Gasteiger partial charge on any atom is 0.410 e. The molecule has 0 saturated carbocycles. The van der Waals surface area contributed by atoms with Crippen molar-refractivity contribution in [1.29, 1.82) is 0 Å². The van der Waals surface area contributed by atoms with Gasteiger partial charge in [-0.1, -0.05) is 30.3 Å². The maximum atomic E-state index is 12.7. The molecule has 2 amide bonds. The second kappa shape index (κ2) is 8.84. The van der Waals surface area contributed by atoms with Gasteiger partial charge in [0.25, 0.3) is 0 Å². The molecule has 0 radical (unpaired) electrons. The zero-order chi connectivity index (χ0) is 20.1. The van der Waals surface area contributed by atoms with E-state index in [0.29, 0.717) is 19.1 Å². The SMILES string of the molecule is CC(C)(C)OC(=O)NCC1CC2CCCC(C1)N2C(=O)OCc1ccccc1. The number of alkyl carbamates (subject to hydrolysis) is 1. The highest BCUT2D eigenvalue weighted by molar-refractivity contribution is 5.69. The van der Waals surface area contributed by atoms with Crippen LogP contribution in [0.2, 0.25) is 0 Å². The van der Waals surface area contributed by atoms with E-state index < -0.39 is 5.60 Å². The molecule has 2 saturated heterocycles. The first-order valence-electron chi connectivity index (χ1n) is 10.3. The second-order valence-electron chi connectivity index (χ2n) is 8.91. The van der Waals surface area contributed by atoms with Gasteiger partial charge in [-0.05, 0) is 64.4 Å². The molecule has 2 aliphatic heterocycles. The number of piperidine rings is 2. The summed E-state index contributed by atoms with van der Waals surface area (Å²) in [5.41, 5.74) is 0.504. The number of hydrogen-bond donors (Lipinski definition) is 1. The average Bonchev–Trinajstić information content (AvgIpc) is 2.63. The monoisotopic (exact) mass is 388 g/mol. The fraction of sp³-hybridized carbons (Fsp3) is 0.636. The highest BCUT2D eigenvalue weighted by atomic mass is 16.6. The van der Waals surface area contributed by atoms with Crippen LogP contribution in [0.1, 0.15) is 58.4 Å². The first kappa shape index (κ1) is 20.5. The van der Waals surface area contributed by atoms with Gasteiger partial charge in [-0.3, -0.25) is 0 Å². The molecule has 2 heterocycles. The van der Waals surface area contributed by atoms with Crippen molar-refractivity contribution in [2.75, 3.05) is 6.54 Å². The molecule has 0 aromatic heterocycles. The van der Waals surface area contributed by atoms with Gasteiger partial charge in [0.05, 0.1) is 0 Å². The van der Waals surface area contributed by atoms with Crippen LogP contribution in [0.15, 0.2) is 30.3 Å². The Hall–Kier alpha value is -2.24. The zero-order valence-electron chi connectivity index (χ0n) is 17.1. The normalized spacial score (nSPS) is 24.4. The van der Waals surface area contributed by atoms with Gasteiger partial charge >= 0.3 is 12.2 Å². The van der Waals surface area contributed by atoms with E-state index in [1.165, 1.54) is 0 Å². The number of hydrogen-bond acceptors (Lipinski definition) is 4. The average molecular weight is 389 g/mol. The van der Waals surface area contributed by atoms with E-state index in [1.807, 2.05) is 56.0 Å². The molecule has 2 aliphatic rings. The van der Waals surface area contributed by atoms with Crippen LogP contribution in [-0.4, -0.2) is 41.3 Å². The smallest absolute Gasteiger partial charge is 0.410 e. The number of nitrogens with one attached hydrogen (secondary N) is 1. The van der Waals surface area contributed by atoms with E-state index in [9.17, 15) is 9.59 Å². The number of fused-ring (bicyclic) bond motifs is 2. The highest BCUT2D eigenvalue weighted by Crippen LogP contribution is 2.37. The van der Waals surface area contributed by atoms with Gasteiger partial charge in [0, 0.05) is 18.6 Å². The number of benzene rings is 1. The van der Waals surface area contributed by atoms with E-state index in [0.717, 1.165) is 37.7 Å². The Morgan fingerprint density at radius 1 is 1.11 bits per heavy atom. The zero-order valence-corrected chi connectivity index (χ0v) is 17.1. The first-order chi connectivity index (χ1) is 13.3. The van der Waals surface area contributed by atoms with Crippen LogP contribution in [0.3, 0.4) is 0 Å². The molecule has 2 bridgehead atoms. The van der Waals surface area contributed by atoms with Crippen molar-refractivity contribution in [2.24, 2.45) is 5.92 Å². The molecule has 154 valence electrons. The third-order valence-corrected chi connectivity index (χ3v) is 5.42. The standard InChI is InChI=1S/C22H32N2O4/c1-22(2,3)28-20(25)23-14-17-12-18-10-7-11-19(13-17)24(18)21(26)27-15-16-8-5-4-6-9-16/h4-6,8-9,17-19H,7,10-15H2,1-3H3,(H,23,25). The molecule has 2 atom stereocenters. The van der Waals surface area contributed by atoms with Crippen molar-refractivity contribution < 1.29 is 19.1 Å². The van der Waals surface area contributed by atoms with Gasteiger partial charge in [-0.15, -0.1) is 0 Å². The quantitative estimate of drug-likeness (QED) is 0.826. The number of carbonyl (C=O) groups excluding carboxylic acids is 2. The number of amides is 2. The minimum absolute atomic E-state index is 0.196. The molecular formula is C22H32N2O4. The van der Waals surface area contributed by atoms with Crippen molar-refractivity contribution in [2.45, 2.75) is 77.2 Å². The summed E-state index contributed by atoms with van der Waals surface area (Å²) in [5, 5.41) is 2.89. The molecular weight excluding hydrogens is 356 g/mol. The van der Waals surface area contributed by atoms with Gasteiger partial charge < -0.3 is 19.7 Å². The van der Waals surface area contributed by atoms with E-state index in [4.69, 9.17) is 9.47 Å². The number of ether oxygens (including phenoxy) is 2. The van der Waals surface area contributed by atoms with Crippen molar-refractivity contribution in [3.05, 3.63) is 35.9 Å². The van der Waals surface area contributed by atoms with Gasteiger partial charge in [0.1, 0.15) is 12.2 Å². The van der Waals surface area contributed by atoms with Crippen LogP contribution >= 0.6 is 0 Å². The summed E-state index contributed by atoms with van der Waals surface area (Å²) in [4.78, 5) is 26.6. The summed E-state index contributed by atoms with van der Waals surface area (Å²) in [6.07, 6.45) is 4.35. The van der Waals surface area contributed by atoms with E-state index in [2.05, 4.69) is 5.32 Å². The van der Waals surface area contributed by atoms with Crippen molar-refractivity contribution in [3.63, 3.8) is 0 Å². The topological polar surface area (TPSA) is 67.9 Å². The Kier molecular flexibility index (Phi) is 6.47. The Labute approximate surface area is 167 Å². The maximum absolute atomic E-state index is 12.7. The van der Waals surface area contributed by atoms with Gasteiger partial charge in [0.2, 0.25) is 0 Å². The number of carbonyl (C=O) groups is 2. The fourth-order valence-corrected chi connectivity index (χ4v) is 4.29. The first-order valence-corrected chi connectivity index (χ1v) is 10.3. The minimum atomic E-state index is -0.494. The van der Waals surface area contributed by atoms with Gasteiger partial charge in [0.15, 0.2) is 0 Å². The predicted octanol–water partition coefficient (Wildman–Crippen LogP) is 4.48. The highest BCUT2D eigenvalue weighted by Gasteiger charge is 2.41. The molecule has 0 aliphatic carbocycles. The van der Waals surface area contributed by atoms with Crippen LogP contribution in [0.25, 0.3) is 0 Å². The number of rotatable bonds is 4. The summed E-state index contributed by atoms with van der Waals surface area (Å²) < 4.78 is 10.9. The lowest BCUT2D eigenvalue weighted by Gasteiger charge is -2.48. The van der Waals surface area contributed by atoms with Crippen molar-refractivity contribution in [1.82, 2.24) is 10.2 Å². The molecule has 1 aromatic carbocycles. The lowest BCUT2D eigenvalue weighted by Crippen LogP contribution is -2.56. The molecule has 2 unspecified atom stereocenters. The number of nitrogens with zero attached hydrogens (tertiary/aromatic N) is 1. The lowest BCUT2D eigenvalue weighted by molar-refractivity contribution is 0.00197. The van der Waals surface area contributed by atoms with Gasteiger partial charge in [-0.25, -0.2) is 9.59 Å². The Morgan fingerprint density at radius 3 is 2.36 bits per heavy atom. The molecule has 6 nitrogen and oxygen atoms in total. The third-order valence-electron chi connectivity index (χ3n) is 5.42.